The van der Waals surface area contributed by atoms with E-state index in [0.29, 0.717) is 17.5 Å². The van der Waals surface area contributed by atoms with E-state index in [-0.39, 0.29) is 10.8 Å². The molecule has 0 aliphatic carbocycles. The van der Waals surface area contributed by atoms with Crippen molar-refractivity contribution in [2.75, 3.05) is 0 Å². The molecule has 0 amide bonds. The standard InChI is InChI=1S/C53H44N4S/c1-52(2,3)37-23-26-44-40(31-37)41-32-38(53(4,5)6)24-27-45(41)57(44)46-25-21-35(36-22-28-48-42(29-36)39-19-13-14-20-47(39)58-48)30-43(46)51-55-49(33-15-9-7-10-16-33)54-50(56-51)34-17-11-8-12-18-34/h7-32H,1-6H3. The molecule has 7 aromatic carbocycles. The van der Waals surface area contributed by atoms with E-state index in [1.807, 2.05) is 47.7 Å². The minimum Gasteiger partial charge on any atom is -0.309 e. The zero-order valence-corrected chi connectivity index (χ0v) is 34.5. The number of rotatable bonds is 5. The van der Waals surface area contributed by atoms with E-state index in [1.54, 1.807) is 0 Å². The Morgan fingerprint density at radius 3 is 1.48 bits per heavy atom. The molecular formula is C53H44N4S. The van der Waals surface area contributed by atoms with Crippen molar-refractivity contribution >= 4 is 53.3 Å². The first kappa shape index (κ1) is 35.9. The van der Waals surface area contributed by atoms with Gasteiger partial charge in [-0.05, 0) is 87.7 Å². The van der Waals surface area contributed by atoms with E-state index in [1.165, 1.54) is 42.1 Å². The summed E-state index contributed by atoms with van der Waals surface area (Å²) in [7, 11) is 0. The number of aromatic nitrogens is 4. The number of thiophene rings is 1. The molecule has 0 spiro atoms. The third-order valence-electron chi connectivity index (χ3n) is 11.4. The predicted molar refractivity (Wildman–Crippen MR) is 246 cm³/mol. The van der Waals surface area contributed by atoms with Gasteiger partial charge in [0.15, 0.2) is 17.5 Å². The summed E-state index contributed by atoms with van der Waals surface area (Å²) in [6.45, 7) is 13.7. The summed E-state index contributed by atoms with van der Waals surface area (Å²) in [6.07, 6.45) is 0. The monoisotopic (exact) mass is 768 g/mol. The third kappa shape index (κ3) is 6.27. The Labute approximate surface area is 343 Å². The van der Waals surface area contributed by atoms with Gasteiger partial charge < -0.3 is 4.57 Å². The van der Waals surface area contributed by atoms with Gasteiger partial charge in [-0.1, -0.05) is 145 Å². The molecule has 0 radical (unpaired) electrons. The fourth-order valence-electron chi connectivity index (χ4n) is 8.14. The first-order valence-electron chi connectivity index (χ1n) is 20.0. The summed E-state index contributed by atoms with van der Waals surface area (Å²) in [6, 6.07) is 56.8. The van der Waals surface area contributed by atoms with Crippen LogP contribution >= 0.6 is 11.3 Å². The van der Waals surface area contributed by atoms with E-state index in [2.05, 4.69) is 167 Å². The molecule has 5 heteroatoms. The van der Waals surface area contributed by atoms with Crippen LogP contribution in [0.5, 0.6) is 0 Å². The van der Waals surface area contributed by atoms with Crippen LogP contribution in [0, 0.1) is 0 Å². The van der Waals surface area contributed by atoms with Crippen molar-refractivity contribution in [3.8, 4) is 51.0 Å². The fourth-order valence-corrected chi connectivity index (χ4v) is 9.23. The molecule has 0 saturated carbocycles. The molecule has 0 fully saturated rings. The van der Waals surface area contributed by atoms with Crippen LogP contribution in [0.25, 0.3) is 93.0 Å². The van der Waals surface area contributed by atoms with E-state index in [9.17, 15) is 0 Å². The highest BCUT2D eigenvalue weighted by Gasteiger charge is 2.24. The predicted octanol–water partition coefficient (Wildman–Crippen LogP) is 14.6. The Bertz CT molecular complexity index is 3050. The Hall–Kier alpha value is -6.43. The summed E-state index contributed by atoms with van der Waals surface area (Å²) in [4.78, 5) is 15.7. The van der Waals surface area contributed by atoms with E-state index < -0.39 is 0 Å². The molecule has 10 aromatic rings. The molecule has 0 bridgehead atoms. The van der Waals surface area contributed by atoms with Crippen molar-refractivity contribution in [2.45, 2.75) is 52.4 Å². The van der Waals surface area contributed by atoms with Crippen LogP contribution < -0.4 is 0 Å². The van der Waals surface area contributed by atoms with Crippen molar-refractivity contribution in [1.29, 1.82) is 0 Å². The fraction of sp³-hybridized carbons (Fsp3) is 0.151. The Kier molecular flexibility index (Phi) is 8.43. The smallest absolute Gasteiger partial charge is 0.166 e. The second kappa shape index (κ2) is 13.6. The molecule has 10 rings (SSSR count). The summed E-state index contributed by atoms with van der Waals surface area (Å²) >= 11 is 1.84. The van der Waals surface area contributed by atoms with Crippen molar-refractivity contribution in [1.82, 2.24) is 19.5 Å². The molecule has 3 heterocycles. The molecule has 0 aliphatic heterocycles. The first-order valence-corrected chi connectivity index (χ1v) is 20.8. The SMILES string of the molecule is CC(C)(C)c1ccc2c(c1)c1cc(C(C)(C)C)ccc1n2-c1ccc(-c2ccc3sc4ccccc4c3c2)cc1-c1nc(-c2ccccc2)nc(-c2ccccc2)n1. The van der Waals surface area contributed by atoms with Gasteiger partial charge in [-0.15, -0.1) is 11.3 Å². The maximum Gasteiger partial charge on any atom is 0.166 e. The van der Waals surface area contributed by atoms with Gasteiger partial charge in [0.25, 0.3) is 0 Å². The maximum absolute atomic E-state index is 5.31. The van der Waals surface area contributed by atoms with Crippen LogP contribution in [0.2, 0.25) is 0 Å². The highest BCUT2D eigenvalue weighted by molar-refractivity contribution is 7.25. The number of nitrogens with zero attached hydrogens (tertiary/aromatic N) is 4. The molecule has 0 unspecified atom stereocenters. The van der Waals surface area contributed by atoms with Gasteiger partial charge in [0.1, 0.15) is 0 Å². The quantitative estimate of drug-likeness (QED) is 0.175. The highest BCUT2D eigenvalue weighted by Crippen LogP contribution is 2.42. The van der Waals surface area contributed by atoms with Gasteiger partial charge in [-0.2, -0.15) is 0 Å². The molecule has 3 aromatic heterocycles. The summed E-state index contributed by atoms with van der Waals surface area (Å²) in [5.74, 6) is 1.90. The minimum absolute atomic E-state index is 0.00149. The Balaban J connectivity index is 1.28. The number of fused-ring (bicyclic) bond motifs is 6. The molecular weight excluding hydrogens is 725 g/mol. The topological polar surface area (TPSA) is 43.6 Å². The molecule has 0 atom stereocenters. The highest BCUT2D eigenvalue weighted by atomic mass is 32.1. The molecule has 0 aliphatic rings. The van der Waals surface area contributed by atoms with Crippen molar-refractivity contribution in [2.24, 2.45) is 0 Å². The van der Waals surface area contributed by atoms with E-state index in [4.69, 9.17) is 15.0 Å². The Morgan fingerprint density at radius 2 is 0.897 bits per heavy atom. The van der Waals surface area contributed by atoms with Crippen LogP contribution in [0.15, 0.2) is 158 Å². The van der Waals surface area contributed by atoms with Gasteiger partial charge in [-0.3, -0.25) is 0 Å². The van der Waals surface area contributed by atoms with Crippen LogP contribution in [0.4, 0.5) is 0 Å². The van der Waals surface area contributed by atoms with E-state index in [0.717, 1.165) is 44.5 Å². The van der Waals surface area contributed by atoms with Gasteiger partial charge in [0, 0.05) is 47.6 Å². The van der Waals surface area contributed by atoms with Crippen LogP contribution in [-0.4, -0.2) is 19.5 Å². The minimum atomic E-state index is -0.00149. The van der Waals surface area contributed by atoms with Crippen molar-refractivity contribution < 1.29 is 0 Å². The molecule has 0 N–H and O–H groups in total. The number of benzene rings is 7. The maximum atomic E-state index is 5.31. The lowest BCUT2D eigenvalue weighted by Gasteiger charge is -2.19. The molecule has 4 nitrogen and oxygen atoms in total. The normalized spacial score (nSPS) is 12.3. The van der Waals surface area contributed by atoms with Crippen LogP contribution in [0.1, 0.15) is 52.7 Å². The molecule has 282 valence electrons. The average Bonchev–Trinajstić information content (AvgIpc) is 3.78. The largest absolute Gasteiger partial charge is 0.309 e. The average molecular weight is 769 g/mol. The first-order chi connectivity index (χ1) is 28.0. The van der Waals surface area contributed by atoms with Gasteiger partial charge in [0.05, 0.1) is 16.7 Å². The summed E-state index contributed by atoms with van der Waals surface area (Å²) in [5, 5.41) is 5.04. The second-order valence-electron chi connectivity index (χ2n) is 17.4. The van der Waals surface area contributed by atoms with Crippen LogP contribution in [-0.2, 0) is 10.8 Å². The second-order valence-corrected chi connectivity index (χ2v) is 18.5. The van der Waals surface area contributed by atoms with Crippen LogP contribution in [0.3, 0.4) is 0 Å². The zero-order chi connectivity index (χ0) is 39.8. The molecule has 0 saturated heterocycles. The van der Waals surface area contributed by atoms with Gasteiger partial charge >= 0.3 is 0 Å². The lowest BCUT2D eigenvalue weighted by molar-refractivity contribution is 0.590. The summed E-state index contributed by atoms with van der Waals surface area (Å²) in [5.41, 5.74) is 11.0. The van der Waals surface area contributed by atoms with E-state index >= 15 is 0 Å². The Morgan fingerprint density at radius 1 is 0.397 bits per heavy atom. The lowest BCUT2D eigenvalue weighted by Crippen LogP contribution is -2.10. The summed E-state index contributed by atoms with van der Waals surface area (Å²) < 4.78 is 5.01. The van der Waals surface area contributed by atoms with Crippen molar-refractivity contribution in [3.63, 3.8) is 0 Å². The molecule has 58 heavy (non-hydrogen) atoms. The van der Waals surface area contributed by atoms with Crippen molar-refractivity contribution in [3.05, 3.63) is 169 Å². The number of hydrogen-bond donors (Lipinski definition) is 0. The number of hydrogen-bond acceptors (Lipinski definition) is 4. The van der Waals surface area contributed by atoms with Gasteiger partial charge in [-0.25, -0.2) is 15.0 Å². The van der Waals surface area contributed by atoms with Gasteiger partial charge in [0.2, 0.25) is 0 Å². The third-order valence-corrected chi connectivity index (χ3v) is 12.5. The lowest BCUT2D eigenvalue weighted by atomic mass is 9.85. The zero-order valence-electron chi connectivity index (χ0n) is 33.7.